The standard InChI is InChI=1S/C12H7ClF4N4/c13-7-2-6(1-5-3-18-20-9(5)7)21-4-8(10(14)15)19-12(21)11(16)17/h1-4,10-11H,(H,18,20). The van der Waals surface area contributed by atoms with Crippen molar-refractivity contribution >= 4 is 22.5 Å². The summed E-state index contributed by atoms with van der Waals surface area (Å²) in [4.78, 5) is 3.28. The Labute approximate surface area is 120 Å². The summed E-state index contributed by atoms with van der Waals surface area (Å²) in [5.74, 6) is -0.760. The summed E-state index contributed by atoms with van der Waals surface area (Å²) in [6.45, 7) is 0. The van der Waals surface area contributed by atoms with E-state index in [0.717, 1.165) is 10.8 Å². The summed E-state index contributed by atoms with van der Waals surface area (Å²) >= 11 is 6.01. The fraction of sp³-hybridized carbons (Fsp3) is 0.167. The molecule has 0 aliphatic rings. The van der Waals surface area contributed by atoms with Gasteiger partial charge in [0.25, 0.3) is 12.9 Å². The van der Waals surface area contributed by atoms with Gasteiger partial charge in [0, 0.05) is 17.3 Å². The van der Waals surface area contributed by atoms with E-state index < -0.39 is 24.4 Å². The van der Waals surface area contributed by atoms with Gasteiger partial charge in [0.1, 0.15) is 5.69 Å². The Balaban J connectivity index is 2.21. The van der Waals surface area contributed by atoms with Crippen LogP contribution in [0.25, 0.3) is 16.6 Å². The van der Waals surface area contributed by atoms with Crippen LogP contribution in [0.5, 0.6) is 0 Å². The Morgan fingerprint density at radius 1 is 1.14 bits per heavy atom. The predicted molar refractivity (Wildman–Crippen MR) is 68.1 cm³/mol. The summed E-state index contributed by atoms with van der Waals surface area (Å²) < 4.78 is 52.2. The SMILES string of the molecule is FC(F)c1cn(-c2cc(Cl)c3[nH]ncc3c2)c(C(F)F)n1. The van der Waals surface area contributed by atoms with Crippen molar-refractivity contribution in [2.24, 2.45) is 0 Å². The summed E-state index contributed by atoms with van der Waals surface area (Å²) in [6, 6.07) is 2.89. The number of H-pyrrole nitrogens is 1. The first-order valence-electron chi connectivity index (χ1n) is 5.76. The lowest BCUT2D eigenvalue weighted by Gasteiger charge is -2.08. The number of aromatic nitrogens is 4. The van der Waals surface area contributed by atoms with Crippen molar-refractivity contribution in [3.05, 3.63) is 41.1 Å². The van der Waals surface area contributed by atoms with Crippen LogP contribution in [0, 0.1) is 0 Å². The smallest absolute Gasteiger partial charge is 0.295 e. The fourth-order valence-corrected chi connectivity index (χ4v) is 2.28. The number of fused-ring (bicyclic) bond motifs is 1. The molecule has 0 radical (unpaired) electrons. The molecule has 0 fully saturated rings. The van der Waals surface area contributed by atoms with Crippen LogP contribution in [-0.4, -0.2) is 19.7 Å². The number of benzene rings is 1. The highest BCUT2D eigenvalue weighted by Gasteiger charge is 2.22. The van der Waals surface area contributed by atoms with Crippen molar-refractivity contribution in [3.8, 4) is 5.69 Å². The first kappa shape index (κ1) is 13.9. The normalized spacial score (nSPS) is 12.0. The molecule has 3 rings (SSSR count). The second-order valence-corrected chi connectivity index (χ2v) is 4.66. The average Bonchev–Trinajstić information content (AvgIpc) is 3.05. The van der Waals surface area contributed by atoms with E-state index in [4.69, 9.17) is 11.6 Å². The predicted octanol–water partition coefficient (Wildman–Crippen LogP) is 4.28. The summed E-state index contributed by atoms with van der Waals surface area (Å²) in [5, 5.41) is 7.25. The maximum absolute atomic E-state index is 13.0. The number of hydrogen-bond donors (Lipinski definition) is 1. The molecule has 0 unspecified atom stereocenters. The molecule has 1 N–H and O–H groups in total. The molecule has 0 saturated carbocycles. The number of rotatable bonds is 3. The summed E-state index contributed by atoms with van der Waals surface area (Å²) in [7, 11) is 0. The molecule has 0 aliphatic heterocycles. The Kier molecular flexibility index (Phi) is 3.32. The van der Waals surface area contributed by atoms with Crippen LogP contribution in [0.2, 0.25) is 5.02 Å². The minimum absolute atomic E-state index is 0.212. The van der Waals surface area contributed by atoms with Crippen LogP contribution in [0.3, 0.4) is 0 Å². The molecule has 0 spiro atoms. The van der Waals surface area contributed by atoms with Crippen molar-refractivity contribution in [1.82, 2.24) is 19.7 Å². The zero-order chi connectivity index (χ0) is 15.1. The number of imidazole rings is 1. The molecule has 0 aliphatic carbocycles. The van der Waals surface area contributed by atoms with Crippen molar-refractivity contribution in [3.63, 3.8) is 0 Å². The molecular weight excluding hydrogens is 312 g/mol. The highest BCUT2D eigenvalue weighted by atomic mass is 35.5. The van der Waals surface area contributed by atoms with E-state index in [1.165, 1.54) is 18.3 Å². The third-order valence-corrected chi connectivity index (χ3v) is 3.23. The molecule has 0 saturated heterocycles. The molecule has 9 heteroatoms. The van der Waals surface area contributed by atoms with Crippen LogP contribution < -0.4 is 0 Å². The first-order chi connectivity index (χ1) is 9.97. The Hall–Kier alpha value is -2.09. The Morgan fingerprint density at radius 2 is 1.90 bits per heavy atom. The maximum Gasteiger partial charge on any atom is 0.295 e. The Morgan fingerprint density at radius 3 is 2.57 bits per heavy atom. The van der Waals surface area contributed by atoms with Crippen molar-refractivity contribution in [2.75, 3.05) is 0 Å². The third-order valence-electron chi connectivity index (χ3n) is 2.93. The minimum atomic E-state index is -2.99. The van der Waals surface area contributed by atoms with Gasteiger partial charge in [-0.1, -0.05) is 11.6 Å². The number of halogens is 5. The van der Waals surface area contributed by atoms with Crippen LogP contribution in [-0.2, 0) is 0 Å². The monoisotopic (exact) mass is 318 g/mol. The molecule has 2 heterocycles. The van der Waals surface area contributed by atoms with Gasteiger partial charge in [-0.3, -0.25) is 9.67 Å². The van der Waals surface area contributed by atoms with Gasteiger partial charge in [0.15, 0.2) is 5.82 Å². The second kappa shape index (κ2) is 5.03. The number of nitrogens with zero attached hydrogens (tertiary/aromatic N) is 3. The molecule has 0 atom stereocenters. The molecule has 4 nitrogen and oxygen atoms in total. The van der Waals surface area contributed by atoms with E-state index in [2.05, 4.69) is 15.2 Å². The quantitative estimate of drug-likeness (QED) is 0.733. The maximum atomic E-state index is 13.0. The van der Waals surface area contributed by atoms with Crippen molar-refractivity contribution in [1.29, 1.82) is 0 Å². The van der Waals surface area contributed by atoms with E-state index in [0.29, 0.717) is 10.9 Å². The summed E-state index contributed by atoms with van der Waals surface area (Å²) in [5.41, 5.74) is 0.0329. The van der Waals surface area contributed by atoms with E-state index in [-0.39, 0.29) is 10.7 Å². The second-order valence-electron chi connectivity index (χ2n) is 4.26. The fourth-order valence-electron chi connectivity index (χ4n) is 2.02. The van der Waals surface area contributed by atoms with Gasteiger partial charge >= 0.3 is 0 Å². The zero-order valence-electron chi connectivity index (χ0n) is 10.2. The molecular formula is C12H7ClF4N4. The van der Waals surface area contributed by atoms with Crippen LogP contribution in [0.4, 0.5) is 17.6 Å². The van der Waals surface area contributed by atoms with E-state index in [9.17, 15) is 17.6 Å². The number of nitrogens with one attached hydrogen (secondary N) is 1. The third kappa shape index (κ3) is 2.35. The topological polar surface area (TPSA) is 46.5 Å². The number of aromatic amines is 1. The Bertz CT molecular complexity index is 796. The largest absolute Gasteiger partial charge is 0.298 e. The zero-order valence-corrected chi connectivity index (χ0v) is 11.0. The first-order valence-corrected chi connectivity index (χ1v) is 6.13. The van der Waals surface area contributed by atoms with E-state index in [1.807, 2.05) is 0 Å². The van der Waals surface area contributed by atoms with Crippen molar-refractivity contribution < 1.29 is 17.6 Å². The van der Waals surface area contributed by atoms with Gasteiger partial charge < -0.3 is 0 Å². The lowest BCUT2D eigenvalue weighted by molar-refractivity contribution is 0.133. The van der Waals surface area contributed by atoms with Gasteiger partial charge in [-0.25, -0.2) is 22.5 Å². The molecule has 2 aromatic heterocycles. The van der Waals surface area contributed by atoms with E-state index >= 15 is 0 Å². The molecule has 110 valence electrons. The highest BCUT2D eigenvalue weighted by molar-refractivity contribution is 6.35. The van der Waals surface area contributed by atoms with Crippen molar-refractivity contribution in [2.45, 2.75) is 12.9 Å². The molecule has 0 amide bonds. The van der Waals surface area contributed by atoms with Gasteiger partial charge in [-0.2, -0.15) is 5.10 Å². The van der Waals surface area contributed by atoms with Gasteiger partial charge in [0.05, 0.1) is 16.7 Å². The number of alkyl halides is 4. The molecule has 0 bridgehead atoms. The van der Waals surface area contributed by atoms with Crippen LogP contribution in [0.15, 0.2) is 24.5 Å². The van der Waals surface area contributed by atoms with E-state index in [1.54, 1.807) is 0 Å². The highest BCUT2D eigenvalue weighted by Crippen LogP contribution is 2.30. The molecule has 3 aromatic rings. The lowest BCUT2D eigenvalue weighted by atomic mass is 10.2. The van der Waals surface area contributed by atoms with Gasteiger partial charge in [0.2, 0.25) is 0 Å². The molecule has 1 aromatic carbocycles. The average molecular weight is 319 g/mol. The lowest BCUT2D eigenvalue weighted by Crippen LogP contribution is -2.00. The van der Waals surface area contributed by atoms with Gasteiger partial charge in [-0.15, -0.1) is 0 Å². The van der Waals surface area contributed by atoms with Crippen LogP contribution >= 0.6 is 11.6 Å². The summed E-state index contributed by atoms with van der Waals surface area (Å²) in [6.07, 6.45) is -3.59. The molecule has 21 heavy (non-hydrogen) atoms. The minimum Gasteiger partial charge on any atom is -0.298 e. The van der Waals surface area contributed by atoms with Gasteiger partial charge in [-0.05, 0) is 12.1 Å². The van der Waals surface area contributed by atoms with Crippen LogP contribution in [0.1, 0.15) is 24.4 Å². The number of hydrogen-bond acceptors (Lipinski definition) is 2.